The van der Waals surface area contributed by atoms with Gasteiger partial charge in [0.15, 0.2) is 11.4 Å². The predicted molar refractivity (Wildman–Crippen MR) is 236 cm³/mol. The summed E-state index contributed by atoms with van der Waals surface area (Å²) in [5, 5.41) is 15.0. The Bertz CT molecular complexity index is 3320. The summed E-state index contributed by atoms with van der Waals surface area (Å²) in [7, 11) is 0. The maximum Gasteiger partial charge on any atom is 0.161 e. The van der Waals surface area contributed by atoms with Crippen molar-refractivity contribution in [1.82, 2.24) is 14.5 Å². The SMILES string of the molecule is N#Cc1c(-c2ccccc2)nc(-c2cccc(-n3c4ccccc4c4ccc5c6cccc(-c7ccccc7)c6oc5c43)c2-c2ccccc2)nc1-c1ccccc1. The first-order chi connectivity index (χ1) is 28.8. The van der Waals surface area contributed by atoms with Crippen LogP contribution in [0.2, 0.25) is 0 Å². The molecule has 5 nitrogen and oxygen atoms in total. The van der Waals surface area contributed by atoms with Crippen LogP contribution in [0.25, 0.3) is 106 Å². The van der Waals surface area contributed by atoms with E-state index in [4.69, 9.17) is 14.4 Å². The zero-order valence-electron chi connectivity index (χ0n) is 31.2. The number of nitrogens with zero attached hydrogens (tertiary/aromatic N) is 4. The molecule has 0 N–H and O–H groups in total. The van der Waals surface area contributed by atoms with E-state index in [0.29, 0.717) is 22.8 Å². The number of para-hydroxylation sites is 2. The van der Waals surface area contributed by atoms with Crippen LogP contribution in [0.3, 0.4) is 0 Å². The van der Waals surface area contributed by atoms with E-state index in [1.165, 1.54) is 0 Å². The largest absolute Gasteiger partial charge is 0.453 e. The monoisotopic (exact) mass is 740 g/mol. The lowest BCUT2D eigenvalue weighted by Crippen LogP contribution is -2.04. The molecule has 11 rings (SSSR count). The first-order valence-corrected chi connectivity index (χ1v) is 19.3. The van der Waals surface area contributed by atoms with Gasteiger partial charge in [0, 0.05) is 49.4 Å². The molecule has 0 aliphatic rings. The quantitative estimate of drug-likeness (QED) is 0.170. The van der Waals surface area contributed by atoms with Crippen molar-refractivity contribution in [2.45, 2.75) is 0 Å². The van der Waals surface area contributed by atoms with Crippen LogP contribution >= 0.6 is 0 Å². The second kappa shape index (κ2) is 13.6. The van der Waals surface area contributed by atoms with Crippen molar-refractivity contribution in [1.29, 1.82) is 5.26 Å². The number of rotatable bonds is 6. The molecule has 0 saturated carbocycles. The lowest BCUT2D eigenvalue weighted by atomic mass is 9.95. The fourth-order valence-corrected chi connectivity index (χ4v) is 8.52. The maximum absolute atomic E-state index is 10.7. The minimum atomic E-state index is 0.433. The zero-order chi connectivity index (χ0) is 38.6. The lowest BCUT2D eigenvalue weighted by molar-refractivity contribution is 0.672. The third-order valence-corrected chi connectivity index (χ3v) is 11.1. The van der Waals surface area contributed by atoms with Gasteiger partial charge in [-0.05, 0) is 29.3 Å². The molecule has 0 aliphatic heterocycles. The topological polar surface area (TPSA) is 67.6 Å². The smallest absolute Gasteiger partial charge is 0.161 e. The van der Waals surface area contributed by atoms with Gasteiger partial charge in [-0.3, -0.25) is 0 Å². The Kier molecular flexibility index (Phi) is 7.80. The Morgan fingerprint density at radius 1 is 0.431 bits per heavy atom. The molecule has 0 spiro atoms. The summed E-state index contributed by atoms with van der Waals surface area (Å²) < 4.78 is 9.43. The molecule has 0 unspecified atom stereocenters. The molecule has 8 aromatic carbocycles. The van der Waals surface area contributed by atoms with Gasteiger partial charge in [0.05, 0.1) is 28.1 Å². The van der Waals surface area contributed by atoms with Gasteiger partial charge in [-0.15, -0.1) is 0 Å². The molecular weight excluding hydrogens is 709 g/mol. The van der Waals surface area contributed by atoms with Crippen LogP contribution in [0.1, 0.15) is 5.56 Å². The molecular formula is C53H32N4O. The maximum atomic E-state index is 10.7. The number of hydrogen-bond donors (Lipinski definition) is 0. The standard InChI is InChI=1S/C53H32N4O/c54-33-44-48(36-21-9-3-10-22-36)55-53(56-49(44)37-23-11-4-12-24-37)43-28-16-30-46(47(43)35-19-7-2-8-20-35)57-45-29-14-13-25-39(45)40-31-32-42-41-27-15-26-38(34-17-5-1-6-18-34)51(41)58-52(42)50(40)57/h1-32H. The number of nitriles is 1. The lowest BCUT2D eigenvalue weighted by Gasteiger charge is -2.19. The summed E-state index contributed by atoms with van der Waals surface area (Å²) in [5.74, 6) is 0.527. The molecule has 3 aromatic heterocycles. The van der Waals surface area contributed by atoms with E-state index in [0.717, 1.165) is 88.4 Å². The molecule has 0 amide bonds. The fourth-order valence-electron chi connectivity index (χ4n) is 8.52. The minimum Gasteiger partial charge on any atom is -0.453 e. The second-order valence-corrected chi connectivity index (χ2v) is 14.4. The third-order valence-electron chi connectivity index (χ3n) is 11.1. The van der Waals surface area contributed by atoms with Gasteiger partial charge in [-0.25, -0.2) is 9.97 Å². The Morgan fingerprint density at radius 3 is 1.60 bits per heavy atom. The third kappa shape index (κ3) is 5.24. The number of hydrogen-bond acceptors (Lipinski definition) is 4. The van der Waals surface area contributed by atoms with Gasteiger partial charge >= 0.3 is 0 Å². The van der Waals surface area contributed by atoms with Gasteiger partial charge in [0.25, 0.3) is 0 Å². The van der Waals surface area contributed by atoms with Gasteiger partial charge in [-0.1, -0.05) is 176 Å². The molecule has 3 heterocycles. The zero-order valence-corrected chi connectivity index (χ0v) is 31.2. The van der Waals surface area contributed by atoms with Crippen molar-refractivity contribution < 1.29 is 4.42 Å². The van der Waals surface area contributed by atoms with Crippen LogP contribution in [0.4, 0.5) is 0 Å². The van der Waals surface area contributed by atoms with Crippen LogP contribution in [0, 0.1) is 11.3 Å². The minimum absolute atomic E-state index is 0.433. The van der Waals surface area contributed by atoms with Crippen LogP contribution in [-0.2, 0) is 0 Å². The predicted octanol–water partition coefficient (Wildman–Crippen LogP) is 13.7. The van der Waals surface area contributed by atoms with Crippen molar-refractivity contribution in [2.75, 3.05) is 0 Å². The number of benzene rings is 8. The normalized spacial score (nSPS) is 11.4. The first-order valence-electron chi connectivity index (χ1n) is 19.3. The Balaban J connectivity index is 1.26. The molecule has 0 bridgehead atoms. The highest BCUT2D eigenvalue weighted by molar-refractivity contribution is 6.23. The van der Waals surface area contributed by atoms with E-state index >= 15 is 0 Å². The van der Waals surface area contributed by atoms with Crippen molar-refractivity contribution >= 4 is 43.7 Å². The summed E-state index contributed by atoms with van der Waals surface area (Å²) in [4.78, 5) is 10.5. The van der Waals surface area contributed by atoms with Gasteiger partial charge in [-0.2, -0.15) is 5.26 Å². The highest BCUT2D eigenvalue weighted by atomic mass is 16.3. The summed E-state index contributed by atoms with van der Waals surface area (Å²) in [5.41, 5.74) is 13.0. The number of furan rings is 1. The molecule has 0 aliphatic carbocycles. The van der Waals surface area contributed by atoms with Gasteiger partial charge in [0.2, 0.25) is 0 Å². The van der Waals surface area contributed by atoms with Crippen molar-refractivity contribution in [3.8, 4) is 67.9 Å². The van der Waals surface area contributed by atoms with Gasteiger partial charge in [0.1, 0.15) is 17.2 Å². The summed E-state index contributed by atoms with van der Waals surface area (Å²) in [6, 6.07) is 68.9. The molecule has 58 heavy (non-hydrogen) atoms. The number of fused-ring (bicyclic) bond motifs is 7. The highest BCUT2D eigenvalue weighted by Gasteiger charge is 2.25. The van der Waals surface area contributed by atoms with Crippen molar-refractivity contribution in [2.24, 2.45) is 0 Å². The van der Waals surface area contributed by atoms with E-state index in [-0.39, 0.29) is 0 Å². The van der Waals surface area contributed by atoms with Crippen LogP contribution < -0.4 is 0 Å². The summed E-state index contributed by atoms with van der Waals surface area (Å²) >= 11 is 0. The summed E-state index contributed by atoms with van der Waals surface area (Å²) in [6.45, 7) is 0. The molecule has 0 fully saturated rings. The Hall–Kier alpha value is -8.07. The fraction of sp³-hybridized carbons (Fsp3) is 0. The summed E-state index contributed by atoms with van der Waals surface area (Å²) in [6.07, 6.45) is 0. The van der Waals surface area contributed by atoms with E-state index in [2.05, 4.69) is 132 Å². The Morgan fingerprint density at radius 2 is 0.948 bits per heavy atom. The first kappa shape index (κ1) is 33.3. The van der Waals surface area contributed by atoms with Crippen LogP contribution in [0.5, 0.6) is 0 Å². The number of aromatic nitrogens is 3. The van der Waals surface area contributed by atoms with Crippen molar-refractivity contribution in [3.63, 3.8) is 0 Å². The molecule has 0 saturated heterocycles. The van der Waals surface area contributed by atoms with Crippen LogP contribution in [0.15, 0.2) is 199 Å². The molecule has 0 radical (unpaired) electrons. The van der Waals surface area contributed by atoms with Crippen molar-refractivity contribution in [3.05, 3.63) is 200 Å². The Labute approximate surface area is 334 Å². The molecule has 11 aromatic rings. The highest BCUT2D eigenvalue weighted by Crippen LogP contribution is 2.45. The van der Waals surface area contributed by atoms with Crippen LogP contribution in [-0.4, -0.2) is 14.5 Å². The van der Waals surface area contributed by atoms with E-state index in [9.17, 15) is 5.26 Å². The van der Waals surface area contributed by atoms with E-state index in [1.54, 1.807) is 0 Å². The second-order valence-electron chi connectivity index (χ2n) is 14.4. The average molecular weight is 741 g/mol. The molecule has 270 valence electrons. The van der Waals surface area contributed by atoms with E-state index < -0.39 is 0 Å². The van der Waals surface area contributed by atoms with Gasteiger partial charge < -0.3 is 8.98 Å². The molecule has 0 atom stereocenters. The van der Waals surface area contributed by atoms with E-state index in [1.807, 2.05) is 72.8 Å². The average Bonchev–Trinajstić information content (AvgIpc) is 3.86. The molecule has 5 heteroatoms.